The van der Waals surface area contributed by atoms with Crippen LogP contribution < -0.4 is 10.1 Å². The van der Waals surface area contributed by atoms with Crippen molar-refractivity contribution in [3.8, 4) is 5.75 Å². The lowest BCUT2D eigenvalue weighted by molar-refractivity contribution is -0.142. The van der Waals surface area contributed by atoms with E-state index in [1.807, 2.05) is 6.92 Å². The van der Waals surface area contributed by atoms with Crippen LogP contribution in [-0.2, 0) is 19.6 Å². The van der Waals surface area contributed by atoms with E-state index in [-0.39, 0.29) is 29.8 Å². The molecule has 1 saturated heterocycles. The number of carboxylic acids is 1. The van der Waals surface area contributed by atoms with E-state index in [9.17, 15) is 18.0 Å². The van der Waals surface area contributed by atoms with Crippen LogP contribution in [0.4, 0.5) is 0 Å². The van der Waals surface area contributed by atoms with Crippen molar-refractivity contribution in [3.05, 3.63) is 24.3 Å². The van der Waals surface area contributed by atoms with E-state index < -0.39 is 22.0 Å². The largest absolute Gasteiger partial charge is 0.494 e. The summed E-state index contributed by atoms with van der Waals surface area (Å²) >= 11 is 0. The van der Waals surface area contributed by atoms with E-state index >= 15 is 0 Å². The van der Waals surface area contributed by atoms with Gasteiger partial charge in [-0.15, -0.1) is 0 Å². The van der Waals surface area contributed by atoms with Crippen LogP contribution in [0.2, 0.25) is 0 Å². The van der Waals surface area contributed by atoms with Crippen molar-refractivity contribution in [2.45, 2.75) is 37.6 Å². The molecule has 0 radical (unpaired) electrons. The van der Waals surface area contributed by atoms with Gasteiger partial charge in [0.15, 0.2) is 0 Å². The molecule has 0 saturated carbocycles. The number of hydrogen-bond acceptors (Lipinski definition) is 5. The molecular weight excluding hydrogens is 360 g/mol. The zero-order chi connectivity index (χ0) is 19.3. The number of rotatable bonds is 7. The smallest absolute Gasteiger partial charge is 0.325 e. The number of carbonyl (C=O) groups is 2. The number of nitrogens with one attached hydrogen (secondary N) is 1. The minimum Gasteiger partial charge on any atom is -0.494 e. The van der Waals surface area contributed by atoms with E-state index in [0.717, 1.165) is 0 Å². The molecule has 9 heteroatoms. The van der Waals surface area contributed by atoms with Gasteiger partial charge in [-0.1, -0.05) is 0 Å². The van der Waals surface area contributed by atoms with Gasteiger partial charge in [-0.3, -0.25) is 9.59 Å². The van der Waals surface area contributed by atoms with Crippen molar-refractivity contribution < 1.29 is 27.9 Å². The lowest BCUT2D eigenvalue weighted by Gasteiger charge is -2.30. The first-order chi connectivity index (χ1) is 12.3. The third kappa shape index (κ3) is 4.73. The Morgan fingerprint density at radius 2 is 1.85 bits per heavy atom. The lowest BCUT2D eigenvalue weighted by atomic mass is 9.97. The average Bonchev–Trinajstić information content (AvgIpc) is 2.62. The van der Waals surface area contributed by atoms with Crippen molar-refractivity contribution in [2.24, 2.45) is 5.92 Å². The molecule has 1 atom stereocenters. The zero-order valence-corrected chi connectivity index (χ0v) is 15.7. The van der Waals surface area contributed by atoms with Gasteiger partial charge in [-0.2, -0.15) is 4.31 Å². The molecule has 1 aromatic carbocycles. The molecule has 1 heterocycles. The van der Waals surface area contributed by atoms with E-state index in [2.05, 4.69) is 5.32 Å². The Balaban J connectivity index is 1.97. The Bertz CT molecular complexity index is 739. The van der Waals surface area contributed by atoms with Crippen molar-refractivity contribution >= 4 is 21.9 Å². The lowest BCUT2D eigenvalue weighted by Crippen LogP contribution is -2.46. The molecule has 2 N–H and O–H groups in total. The standard InChI is InChI=1S/C17H24N2O6S/c1-3-25-14-4-6-15(7-5-14)26(23,24)19-10-8-13(9-11-19)16(20)18-12(2)17(21)22/h4-7,12-13H,3,8-11H2,1-2H3,(H,18,20)(H,21,22). The molecule has 144 valence electrons. The van der Waals surface area contributed by atoms with Gasteiger partial charge in [-0.25, -0.2) is 8.42 Å². The van der Waals surface area contributed by atoms with E-state index in [1.165, 1.54) is 23.4 Å². The fourth-order valence-corrected chi connectivity index (χ4v) is 4.24. The molecule has 8 nitrogen and oxygen atoms in total. The molecular formula is C17H24N2O6S. The molecule has 0 aliphatic carbocycles. The third-order valence-corrected chi connectivity index (χ3v) is 6.24. The van der Waals surface area contributed by atoms with Crippen molar-refractivity contribution in [2.75, 3.05) is 19.7 Å². The van der Waals surface area contributed by atoms with E-state index in [1.54, 1.807) is 12.1 Å². The molecule has 2 rings (SSSR count). The summed E-state index contributed by atoms with van der Waals surface area (Å²) in [6, 6.07) is 5.28. The number of sulfonamides is 1. The number of hydrogen-bond donors (Lipinski definition) is 2. The molecule has 1 aromatic rings. The summed E-state index contributed by atoms with van der Waals surface area (Å²) in [7, 11) is -3.63. The quantitative estimate of drug-likeness (QED) is 0.727. The predicted molar refractivity (Wildman–Crippen MR) is 94.3 cm³/mol. The van der Waals surface area contributed by atoms with Crippen LogP contribution in [0.1, 0.15) is 26.7 Å². The summed E-state index contributed by atoms with van der Waals surface area (Å²) < 4.78 is 32.1. The van der Waals surface area contributed by atoms with Gasteiger partial charge in [-0.05, 0) is 51.0 Å². The average molecular weight is 384 g/mol. The minimum atomic E-state index is -3.63. The van der Waals surface area contributed by atoms with Gasteiger partial charge in [0.1, 0.15) is 11.8 Å². The second-order valence-electron chi connectivity index (χ2n) is 6.15. The van der Waals surface area contributed by atoms with Crippen molar-refractivity contribution in [3.63, 3.8) is 0 Å². The van der Waals surface area contributed by atoms with Crippen molar-refractivity contribution in [1.82, 2.24) is 9.62 Å². The van der Waals surface area contributed by atoms with Crippen LogP contribution >= 0.6 is 0 Å². The number of piperidine rings is 1. The monoisotopic (exact) mass is 384 g/mol. The topological polar surface area (TPSA) is 113 Å². The van der Waals surface area contributed by atoms with Crippen molar-refractivity contribution in [1.29, 1.82) is 0 Å². The zero-order valence-electron chi connectivity index (χ0n) is 14.8. The molecule has 0 aromatic heterocycles. The van der Waals surface area contributed by atoms with Crippen LogP contribution in [0.25, 0.3) is 0 Å². The summed E-state index contributed by atoms with van der Waals surface area (Å²) in [5.74, 6) is -1.23. The molecule has 1 amide bonds. The van der Waals surface area contributed by atoms with Crippen LogP contribution in [0.5, 0.6) is 5.75 Å². The molecule has 26 heavy (non-hydrogen) atoms. The molecule has 1 aliphatic heterocycles. The summed E-state index contributed by atoms with van der Waals surface area (Å²) in [5.41, 5.74) is 0. The molecule has 1 unspecified atom stereocenters. The van der Waals surface area contributed by atoms with Crippen LogP contribution in [0.15, 0.2) is 29.2 Å². The van der Waals surface area contributed by atoms with Gasteiger partial charge < -0.3 is 15.2 Å². The fraction of sp³-hybridized carbons (Fsp3) is 0.529. The Hall–Kier alpha value is -2.13. The first-order valence-electron chi connectivity index (χ1n) is 8.52. The normalized spacial score (nSPS) is 17.5. The van der Waals surface area contributed by atoms with Gasteiger partial charge in [0.25, 0.3) is 0 Å². The summed E-state index contributed by atoms with van der Waals surface area (Å²) in [6.07, 6.45) is 0.711. The van der Waals surface area contributed by atoms with E-state index in [4.69, 9.17) is 9.84 Å². The first kappa shape index (κ1) is 20.2. The maximum atomic E-state index is 12.7. The number of nitrogens with zero attached hydrogens (tertiary/aromatic N) is 1. The SMILES string of the molecule is CCOc1ccc(S(=O)(=O)N2CCC(C(=O)NC(C)C(=O)O)CC2)cc1. The Morgan fingerprint density at radius 1 is 1.27 bits per heavy atom. The maximum absolute atomic E-state index is 12.7. The number of amides is 1. The third-order valence-electron chi connectivity index (χ3n) is 4.33. The Kier molecular flexibility index (Phi) is 6.60. The minimum absolute atomic E-state index is 0.184. The Morgan fingerprint density at radius 3 is 2.35 bits per heavy atom. The molecule has 1 aliphatic rings. The number of ether oxygens (including phenoxy) is 1. The highest BCUT2D eigenvalue weighted by molar-refractivity contribution is 7.89. The fourth-order valence-electron chi connectivity index (χ4n) is 2.77. The molecule has 0 spiro atoms. The van der Waals surface area contributed by atoms with Gasteiger partial charge >= 0.3 is 5.97 Å². The Labute approximate surface area is 153 Å². The van der Waals surface area contributed by atoms with E-state index in [0.29, 0.717) is 25.2 Å². The number of benzene rings is 1. The molecule has 0 bridgehead atoms. The molecule has 1 fully saturated rings. The van der Waals surface area contributed by atoms with Gasteiger partial charge in [0.05, 0.1) is 11.5 Å². The summed E-state index contributed by atoms with van der Waals surface area (Å²) in [5, 5.41) is 11.3. The van der Waals surface area contributed by atoms with Gasteiger partial charge in [0.2, 0.25) is 15.9 Å². The van der Waals surface area contributed by atoms with Gasteiger partial charge in [0, 0.05) is 19.0 Å². The second kappa shape index (κ2) is 8.50. The second-order valence-corrected chi connectivity index (χ2v) is 8.09. The van der Waals surface area contributed by atoms with Crippen LogP contribution in [-0.4, -0.2) is 55.4 Å². The summed E-state index contributed by atoms with van der Waals surface area (Å²) in [6.45, 7) is 4.18. The number of aliphatic carboxylic acids is 1. The predicted octanol–water partition coefficient (Wildman–Crippen LogP) is 1.08. The highest BCUT2D eigenvalue weighted by Gasteiger charge is 2.32. The number of carbonyl (C=O) groups excluding carboxylic acids is 1. The van der Waals surface area contributed by atoms with Crippen LogP contribution in [0, 0.1) is 5.92 Å². The van der Waals surface area contributed by atoms with Crippen LogP contribution in [0.3, 0.4) is 0 Å². The summed E-state index contributed by atoms with van der Waals surface area (Å²) in [4.78, 5) is 23.1. The highest BCUT2D eigenvalue weighted by atomic mass is 32.2. The number of carboxylic acid groups (broad SMARTS) is 1. The highest BCUT2D eigenvalue weighted by Crippen LogP contribution is 2.25. The maximum Gasteiger partial charge on any atom is 0.325 e. The first-order valence-corrected chi connectivity index (χ1v) is 9.96.